The van der Waals surface area contributed by atoms with Gasteiger partial charge in [-0.3, -0.25) is 9.59 Å². The molecule has 0 heterocycles. The highest BCUT2D eigenvalue weighted by atomic mass is 32.2. The van der Waals surface area contributed by atoms with Crippen molar-refractivity contribution in [3.63, 3.8) is 0 Å². The quantitative estimate of drug-likeness (QED) is 0.783. The van der Waals surface area contributed by atoms with Gasteiger partial charge in [0.2, 0.25) is 5.91 Å². The van der Waals surface area contributed by atoms with Crippen molar-refractivity contribution in [1.29, 1.82) is 0 Å². The predicted molar refractivity (Wildman–Crippen MR) is 61.7 cm³/mol. The summed E-state index contributed by atoms with van der Waals surface area (Å²) in [5, 5.41) is 0. The van der Waals surface area contributed by atoms with E-state index in [-0.39, 0.29) is 17.4 Å². The van der Waals surface area contributed by atoms with E-state index < -0.39 is 0 Å². The molecular formula is C11H13NO2S. The number of amides is 1. The molecule has 3 nitrogen and oxygen atoms in total. The number of ketones is 1. The van der Waals surface area contributed by atoms with Gasteiger partial charge in [-0.1, -0.05) is 30.3 Å². The van der Waals surface area contributed by atoms with Gasteiger partial charge in [0.05, 0.1) is 11.5 Å². The van der Waals surface area contributed by atoms with Crippen LogP contribution in [0.25, 0.3) is 0 Å². The van der Waals surface area contributed by atoms with Gasteiger partial charge >= 0.3 is 0 Å². The summed E-state index contributed by atoms with van der Waals surface area (Å²) in [5.74, 6) is 0.290. The highest BCUT2D eigenvalue weighted by Gasteiger charge is 2.04. The molecule has 0 fully saturated rings. The minimum Gasteiger partial charge on any atom is -0.369 e. The Balaban J connectivity index is 2.28. The first-order valence-electron chi connectivity index (χ1n) is 4.60. The van der Waals surface area contributed by atoms with E-state index in [0.29, 0.717) is 12.2 Å². The lowest BCUT2D eigenvalue weighted by molar-refractivity contribution is -0.116. The number of benzene rings is 1. The monoisotopic (exact) mass is 223 g/mol. The predicted octanol–water partition coefficient (Wildman–Crippen LogP) is 1.02. The van der Waals surface area contributed by atoms with Crippen LogP contribution in [0.3, 0.4) is 0 Å². The van der Waals surface area contributed by atoms with E-state index >= 15 is 0 Å². The SMILES string of the molecule is NC(=O)CSCC(=O)Cc1ccccc1. The Bertz CT molecular complexity index is 338. The smallest absolute Gasteiger partial charge is 0.227 e. The summed E-state index contributed by atoms with van der Waals surface area (Å²) >= 11 is 1.26. The molecule has 0 aliphatic rings. The topological polar surface area (TPSA) is 60.2 Å². The first-order valence-corrected chi connectivity index (χ1v) is 5.75. The molecule has 4 heteroatoms. The Morgan fingerprint density at radius 1 is 1.13 bits per heavy atom. The highest BCUT2D eigenvalue weighted by molar-refractivity contribution is 8.00. The molecule has 0 aliphatic carbocycles. The number of rotatable bonds is 6. The van der Waals surface area contributed by atoms with Crippen LogP contribution in [-0.4, -0.2) is 23.2 Å². The Morgan fingerprint density at radius 3 is 2.40 bits per heavy atom. The van der Waals surface area contributed by atoms with Gasteiger partial charge in [0.1, 0.15) is 5.78 Å². The van der Waals surface area contributed by atoms with Crippen molar-refractivity contribution in [3.8, 4) is 0 Å². The Morgan fingerprint density at radius 2 is 1.80 bits per heavy atom. The maximum absolute atomic E-state index is 11.4. The van der Waals surface area contributed by atoms with Gasteiger partial charge in [0.25, 0.3) is 0 Å². The van der Waals surface area contributed by atoms with Crippen molar-refractivity contribution in [2.45, 2.75) is 6.42 Å². The molecule has 1 rings (SSSR count). The number of hydrogen-bond acceptors (Lipinski definition) is 3. The summed E-state index contributed by atoms with van der Waals surface area (Å²) in [6.07, 6.45) is 0.423. The lowest BCUT2D eigenvalue weighted by atomic mass is 10.1. The van der Waals surface area contributed by atoms with Crippen LogP contribution in [0.1, 0.15) is 5.56 Å². The van der Waals surface area contributed by atoms with E-state index in [9.17, 15) is 9.59 Å². The second-order valence-electron chi connectivity index (χ2n) is 3.16. The van der Waals surface area contributed by atoms with Crippen LogP contribution in [0, 0.1) is 0 Å². The number of primary amides is 1. The zero-order valence-electron chi connectivity index (χ0n) is 8.31. The summed E-state index contributed by atoms with van der Waals surface area (Å²) in [6.45, 7) is 0. The Hall–Kier alpha value is -1.29. The third-order valence-corrected chi connectivity index (χ3v) is 2.77. The van der Waals surface area contributed by atoms with Crippen molar-refractivity contribution in [1.82, 2.24) is 0 Å². The van der Waals surface area contributed by atoms with Gasteiger partial charge in [0.15, 0.2) is 0 Å². The molecule has 0 radical (unpaired) electrons. The second kappa shape index (κ2) is 6.24. The van der Waals surface area contributed by atoms with Crippen LogP contribution in [0.4, 0.5) is 0 Å². The molecule has 1 aromatic rings. The van der Waals surface area contributed by atoms with Gasteiger partial charge in [-0.25, -0.2) is 0 Å². The van der Waals surface area contributed by atoms with Gasteiger partial charge < -0.3 is 5.73 Å². The molecule has 0 aromatic heterocycles. The lowest BCUT2D eigenvalue weighted by Gasteiger charge is -2.00. The molecule has 0 unspecified atom stereocenters. The summed E-state index contributed by atoms with van der Waals surface area (Å²) in [7, 11) is 0. The maximum atomic E-state index is 11.4. The van der Waals surface area contributed by atoms with Crippen molar-refractivity contribution in [2.24, 2.45) is 5.73 Å². The molecule has 0 atom stereocenters. The molecule has 0 aliphatic heterocycles. The number of nitrogens with two attached hydrogens (primary N) is 1. The van der Waals surface area contributed by atoms with Crippen molar-refractivity contribution in [3.05, 3.63) is 35.9 Å². The molecule has 1 aromatic carbocycles. The van der Waals surface area contributed by atoms with Crippen LogP contribution in [-0.2, 0) is 16.0 Å². The minimum atomic E-state index is -0.382. The standard InChI is InChI=1S/C11H13NO2S/c12-11(14)8-15-7-10(13)6-9-4-2-1-3-5-9/h1-5H,6-8H2,(H2,12,14). The number of thioether (sulfide) groups is 1. The number of carbonyl (C=O) groups excluding carboxylic acids is 2. The second-order valence-corrected chi connectivity index (χ2v) is 4.15. The average molecular weight is 223 g/mol. The molecule has 0 spiro atoms. The van der Waals surface area contributed by atoms with Gasteiger partial charge in [-0.15, -0.1) is 11.8 Å². The molecule has 0 saturated carbocycles. The molecular weight excluding hydrogens is 210 g/mol. The van der Waals surface area contributed by atoms with E-state index in [2.05, 4.69) is 0 Å². The summed E-state index contributed by atoms with van der Waals surface area (Å²) in [4.78, 5) is 21.9. The number of Topliss-reactive ketones (excluding diaryl/α,β-unsaturated/α-hetero) is 1. The van der Waals surface area contributed by atoms with Crippen LogP contribution in [0.5, 0.6) is 0 Å². The van der Waals surface area contributed by atoms with Crippen molar-refractivity contribution < 1.29 is 9.59 Å². The summed E-state index contributed by atoms with van der Waals surface area (Å²) in [5.41, 5.74) is 5.96. The van der Waals surface area contributed by atoms with E-state index in [1.54, 1.807) is 0 Å². The molecule has 1 amide bonds. The van der Waals surface area contributed by atoms with Crippen LogP contribution >= 0.6 is 11.8 Å². The Kier molecular flexibility index (Phi) is 4.90. The molecule has 0 bridgehead atoms. The van der Waals surface area contributed by atoms with E-state index in [1.165, 1.54) is 11.8 Å². The normalized spacial score (nSPS) is 9.87. The zero-order chi connectivity index (χ0) is 11.1. The Labute approximate surface area is 93.0 Å². The molecule has 2 N–H and O–H groups in total. The largest absolute Gasteiger partial charge is 0.369 e. The minimum absolute atomic E-state index is 0.118. The van der Waals surface area contributed by atoms with Gasteiger partial charge in [0, 0.05) is 6.42 Å². The highest BCUT2D eigenvalue weighted by Crippen LogP contribution is 2.04. The number of hydrogen-bond donors (Lipinski definition) is 1. The molecule has 80 valence electrons. The van der Waals surface area contributed by atoms with Gasteiger partial charge in [-0.05, 0) is 5.56 Å². The zero-order valence-corrected chi connectivity index (χ0v) is 9.13. The van der Waals surface area contributed by atoms with E-state index in [1.807, 2.05) is 30.3 Å². The fourth-order valence-electron chi connectivity index (χ4n) is 1.14. The van der Waals surface area contributed by atoms with Crippen LogP contribution in [0.2, 0.25) is 0 Å². The third kappa shape index (κ3) is 5.22. The fraction of sp³-hybridized carbons (Fsp3) is 0.273. The average Bonchev–Trinajstić information content (AvgIpc) is 2.18. The lowest BCUT2D eigenvalue weighted by Crippen LogP contribution is -2.15. The van der Waals surface area contributed by atoms with Crippen molar-refractivity contribution >= 4 is 23.5 Å². The first kappa shape index (κ1) is 11.8. The van der Waals surface area contributed by atoms with Gasteiger partial charge in [-0.2, -0.15) is 0 Å². The van der Waals surface area contributed by atoms with Crippen molar-refractivity contribution in [2.75, 3.05) is 11.5 Å². The summed E-state index contributed by atoms with van der Waals surface area (Å²) in [6, 6.07) is 9.54. The molecule has 15 heavy (non-hydrogen) atoms. The maximum Gasteiger partial charge on any atom is 0.227 e. The van der Waals surface area contributed by atoms with E-state index in [4.69, 9.17) is 5.73 Å². The number of carbonyl (C=O) groups is 2. The first-order chi connectivity index (χ1) is 7.18. The molecule has 0 saturated heterocycles. The summed E-state index contributed by atoms with van der Waals surface area (Å²) < 4.78 is 0. The van der Waals surface area contributed by atoms with Crippen LogP contribution in [0.15, 0.2) is 30.3 Å². The van der Waals surface area contributed by atoms with Crippen LogP contribution < -0.4 is 5.73 Å². The van der Waals surface area contributed by atoms with E-state index in [0.717, 1.165) is 5.56 Å². The fourth-order valence-corrected chi connectivity index (χ4v) is 1.77. The third-order valence-electron chi connectivity index (χ3n) is 1.75.